The molecule has 1 unspecified atom stereocenters. The van der Waals surface area contributed by atoms with Gasteiger partial charge in [-0.2, -0.15) is 0 Å². The van der Waals surface area contributed by atoms with Crippen molar-refractivity contribution in [3.8, 4) is 5.75 Å². The predicted octanol–water partition coefficient (Wildman–Crippen LogP) is 7.87. The van der Waals surface area contributed by atoms with Crippen LogP contribution in [0.25, 0.3) is 0 Å². The number of amides is 1. The molecule has 1 aliphatic rings. The minimum atomic E-state index is -0.488. The number of pyridine rings is 1. The van der Waals surface area contributed by atoms with Crippen LogP contribution in [-0.2, 0) is 17.8 Å². The molecule has 3 rings (SSSR count). The van der Waals surface area contributed by atoms with Crippen molar-refractivity contribution in [2.45, 2.75) is 116 Å². The van der Waals surface area contributed by atoms with Crippen molar-refractivity contribution >= 4 is 11.7 Å². The molecule has 1 aliphatic carbocycles. The zero-order chi connectivity index (χ0) is 29.2. The Hall–Kier alpha value is -3.21. The Balaban J connectivity index is 1.42. The third-order valence-electron chi connectivity index (χ3n) is 7.82. The van der Waals surface area contributed by atoms with Gasteiger partial charge in [0.25, 0.3) is 0 Å². The highest BCUT2D eigenvalue weighted by Gasteiger charge is 2.33. The average molecular weight is 560 g/mol. The summed E-state index contributed by atoms with van der Waals surface area (Å²) in [7, 11) is 0. The number of hydrogen-bond acceptors (Lipinski definition) is 3. The second-order valence-corrected chi connectivity index (χ2v) is 11.5. The number of hydrogen-bond donors (Lipinski definition) is 1. The van der Waals surface area contributed by atoms with E-state index in [0.717, 1.165) is 24.8 Å². The molecule has 222 valence electrons. The molecule has 1 amide bonds. The van der Waals surface area contributed by atoms with Gasteiger partial charge in [-0.1, -0.05) is 114 Å². The Morgan fingerprint density at radius 1 is 0.878 bits per heavy atom. The van der Waals surface area contributed by atoms with Crippen molar-refractivity contribution in [3.63, 3.8) is 0 Å². The van der Waals surface area contributed by atoms with Gasteiger partial charge in [-0.25, -0.2) is 4.57 Å². The second-order valence-electron chi connectivity index (χ2n) is 11.5. The second kappa shape index (κ2) is 18.3. The van der Waals surface area contributed by atoms with Crippen molar-refractivity contribution < 1.29 is 18.9 Å². The Morgan fingerprint density at radius 3 is 2.15 bits per heavy atom. The molecule has 1 aromatic heterocycles. The zero-order valence-electron chi connectivity index (χ0n) is 25.4. The number of unbranched alkanes of at least 4 members (excludes halogenated alkanes) is 11. The van der Waals surface area contributed by atoms with Crippen LogP contribution in [0.1, 0.15) is 113 Å². The molecule has 5 nitrogen and oxygen atoms in total. The number of allylic oxidation sites excluding steroid dienone is 2. The molecule has 1 heterocycles. The average Bonchev–Trinajstić information content (AvgIpc) is 2.96. The van der Waals surface area contributed by atoms with Crippen molar-refractivity contribution in [2.24, 2.45) is 0 Å². The monoisotopic (exact) mass is 559 g/mol. The fourth-order valence-electron chi connectivity index (χ4n) is 5.50. The van der Waals surface area contributed by atoms with Gasteiger partial charge in [0, 0.05) is 12.1 Å². The number of rotatable bonds is 20. The lowest BCUT2D eigenvalue weighted by Gasteiger charge is -2.29. The van der Waals surface area contributed by atoms with E-state index in [2.05, 4.69) is 29.0 Å². The van der Waals surface area contributed by atoms with Gasteiger partial charge >= 0.3 is 0 Å². The van der Waals surface area contributed by atoms with Crippen LogP contribution in [0, 0.1) is 0 Å². The van der Waals surface area contributed by atoms with Crippen LogP contribution in [0.15, 0.2) is 73.1 Å². The van der Waals surface area contributed by atoms with Crippen molar-refractivity contribution in [1.29, 1.82) is 0 Å². The molecule has 2 aromatic rings. The molecule has 0 spiro atoms. The quantitative estimate of drug-likeness (QED) is 0.102. The fraction of sp³-hybridized carbons (Fsp3) is 0.528. The summed E-state index contributed by atoms with van der Waals surface area (Å²) in [5, 5.41) is 3.26. The maximum absolute atomic E-state index is 13.2. The number of nitrogens with zero attached hydrogens (tertiary/aromatic N) is 1. The van der Waals surface area contributed by atoms with Crippen LogP contribution in [0.2, 0.25) is 0 Å². The van der Waals surface area contributed by atoms with Gasteiger partial charge in [-0.3, -0.25) is 9.59 Å². The molecule has 0 saturated carbocycles. The van der Waals surface area contributed by atoms with Gasteiger partial charge in [0.1, 0.15) is 11.3 Å². The Labute approximate surface area is 248 Å². The summed E-state index contributed by atoms with van der Waals surface area (Å²) in [5.41, 5.74) is 0.867. The largest absolute Gasteiger partial charge is 0.493 e. The maximum Gasteiger partial charge on any atom is 0.225 e. The first-order valence-electron chi connectivity index (χ1n) is 15.9. The van der Waals surface area contributed by atoms with E-state index >= 15 is 0 Å². The summed E-state index contributed by atoms with van der Waals surface area (Å²) in [5.74, 6) is 0.498. The van der Waals surface area contributed by atoms with Gasteiger partial charge < -0.3 is 10.1 Å². The number of benzene rings is 1. The van der Waals surface area contributed by atoms with E-state index in [9.17, 15) is 9.59 Å². The molecular formula is C36H51N2O3+. The van der Waals surface area contributed by atoms with Crippen LogP contribution in [0.4, 0.5) is 0 Å². The van der Waals surface area contributed by atoms with Crippen molar-refractivity contribution in [3.05, 3.63) is 84.2 Å². The van der Waals surface area contributed by atoms with Crippen molar-refractivity contribution in [2.75, 3.05) is 6.61 Å². The first-order valence-corrected chi connectivity index (χ1v) is 15.9. The Morgan fingerprint density at radius 2 is 1.54 bits per heavy atom. The van der Waals surface area contributed by atoms with Crippen LogP contribution < -0.4 is 14.6 Å². The van der Waals surface area contributed by atoms with Gasteiger partial charge in [0.05, 0.1) is 18.6 Å². The van der Waals surface area contributed by atoms with E-state index in [1.54, 1.807) is 6.92 Å². The van der Waals surface area contributed by atoms with E-state index in [0.29, 0.717) is 24.5 Å². The summed E-state index contributed by atoms with van der Waals surface area (Å²) in [6.45, 7) is 5.07. The van der Waals surface area contributed by atoms with E-state index in [1.807, 2.05) is 60.9 Å². The van der Waals surface area contributed by atoms with E-state index in [4.69, 9.17) is 4.74 Å². The molecule has 1 atom stereocenters. The van der Waals surface area contributed by atoms with E-state index < -0.39 is 5.54 Å². The first-order chi connectivity index (χ1) is 20.0. The minimum Gasteiger partial charge on any atom is -0.493 e. The third kappa shape index (κ3) is 12.0. The lowest BCUT2D eigenvalue weighted by Crippen LogP contribution is -2.57. The highest BCUT2D eigenvalue weighted by molar-refractivity contribution is 5.97. The summed E-state index contributed by atoms with van der Waals surface area (Å²) >= 11 is 0. The van der Waals surface area contributed by atoms with Gasteiger partial charge in [-0.15, -0.1) is 0 Å². The number of ketones is 1. The molecule has 0 saturated heterocycles. The number of Topliss-reactive ketones (excluding diaryl/α,β-unsaturated/α-hetero) is 1. The predicted molar refractivity (Wildman–Crippen MR) is 167 cm³/mol. The van der Waals surface area contributed by atoms with Crippen LogP contribution in [-0.4, -0.2) is 23.8 Å². The molecule has 1 N–H and O–H groups in total. The topological polar surface area (TPSA) is 59.3 Å². The standard InChI is InChI=1S/C36H50N2O3/c1-3-4-5-6-7-8-9-10-11-12-13-20-27-41-34-22-21-32(28-33(34)31(2)39)29-35(40)37-36(23-16-14-17-24-36)30-38-25-18-15-19-26-38/h14-19,21-23,25-26,28H,3-13,20,24,27,29-30H2,1-2H3/p+1. The third-order valence-corrected chi connectivity index (χ3v) is 7.82. The Kier molecular flexibility index (Phi) is 14.4. The normalized spacial score (nSPS) is 16.0. The highest BCUT2D eigenvalue weighted by atomic mass is 16.5. The summed E-state index contributed by atoms with van der Waals surface area (Å²) in [6.07, 6.45) is 28.7. The molecular weight excluding hydrogens is 508 g/mol. The van der Waals surface area contributed by atoms with Crippen LogP contribution in [0.5, 0.6) is 5.75 Å². The number of ether oxygens (including phenoxy) is 1. The Bertz CT molecular complexity index is 1120. The smallest absolute Gasteiger partial charge is 0.225 e. The number of carbonyl (C=O) groups is 2. The van der Waals surface area contributed by atoms with E-state index in [-0.39, 0.29) is 18.1 Å². The summed E-state index contributed by atoms with van der Waals surface area (Å²) in [6, 6.07) is 11.5. The SMILES string of the molecule is CCCCCCCCCCCCCCOc1ccc(CC(=O)NC2(C[n+]3ccccc3)C=CC=CC2)cc1C(C)=O. The molecule has 0 bridgehead atoms. The number of aromatic nitrogens is 1. The van der Waals surface area contributed by atoms with Crippen LogP contribution >= 0.6 is 0 Å². The molecule has 1 aromatic carbocycles. The summed E-state index contributed by atoms with van der Waals surface area (Å²) < 4.78 is 8.10. The molecule has 0 aliphatic heterocycles. The summed E-state index contributed by atoms with van der Waals surface area (Å²) in [4.78, 5) is 25.6. The number of carbonyl (C=O) groups excluding carboxylic acids is 2. The highest BCUT2D eigenvalue weighted by Crippen LogP contribution is 2.23. The maximum atomic E-state index is 13.2. The van der Waals surface area contributed by atoms with Crippen molar-refractivity contribution in [1.82, 2.24) is 5.32 Å². The molecule has 0 radical (unpaired) electrons. The molecule has 5 heteroatoms. The van der Waals surface area contributed by atoms with Gasteiger partial charge in [-0.05, 0) is 37.5 Å². The zero-order valence-corrected chi connectivity index (χ0v) is 25.4. The molecule has 41 heavy (non-hydrogen) atoms. The number of nitrogens with one attached hydrogen (secondary N) is 1. The lowest BCUT2D eigenvalue weighted by molar-refractivity contribution is -0.703. The minimum absolute atomic E-state index is 0.0470. The van der Waals surface area contributed by atoms with Gasteiger partial charge in [0.2, 0.25) is 5.91 Å². The molecule has 0 fully saturated rings. The first kappa shape index (κ1) is 32.3. The van der Waals surface area contributed by atoms with Gasteiger partial charge in [0.15, 0.2) is 24.7 Å². The fourth-order valence-corrected chi connectivity index (χ4v) is 5.50. The van der Waals surface area contributed by atoms with Crippen LogP contribution in [0.3, 0.4) is 0 Å². The lowest BCUT2D eigenvalue weighted by atomic mass is 9.90. The van der Waals surface area contributed by atoms with E-state index in [1.165, 1.54) is 64.2 Å².